The molecule has 0 radical (unpaired) electrons. The van der Waals surface area contributed by atoms with Crippen LogP contribution in [0.4, 0.5) is 15.9 Å². The molecule has 2 aliphatic rings. The van der Waals surface area contributed by atoms with E-state index in [1.165, 1.54) is 23.9 Å². The highest BCUT2D eigenvalue weighted by atomic mass is 32.2. The van der Waals surface area contributed by atoms with Crippen molar-refractivity contribution in [1.82, 2.24) is 9.47 Å². The molecule has 2 aromatic carbocycles. The fraction of sp³-hybridized carbons (Fsp3) is 0.333. The number of amides is 1. The number of nitrogens with zero attached hydrogens (tertiary/aromatic N) is 5. The van der Waals surface area contributed by atoms with Crippen LogP contribution in [0, 0.1) is 24.1 Å². The van der Waals surface area contributed by atoms with Gasteiger partial charge in [0.05, 0.1) is 10.9 Å². The molecule has 0 N–H and O–H groups in total. The van der Waals surface area contributed by atoms with Gasteiger partial charge in [-0.25, -0.2) is 4.39 Å². The summed E-state index contributed by atoms with van der Waals surface area (Å²) in [4.78, 5) is 33.9. The normalized spacial score (nSPS) is 17.1. The van der Waals surface area contributed by atoms with Crippen molar-refractivity contribution in [2.75, 3.05) is 36.0 Å². The highest BCUT2D eigenvalue weighted by Crippen LogP contribution is 2.40. The van der Waals surface area contributed by atoms with Gasteiger partial charge in [-0.05, 0) is 61.7 Å². The standard InChI is InChI=1S/C33H34FN5O2S2/c1-4-5-15-38-30(37-18-16-36(17-19-37)26-13-11-25(34)12-14-26)27(22(2)28(21-35)31(38)40)20-29-32(41)39(33(42)43-29)23(3)24-9-7-6-8-10-24/h6-14,20,23H,4-5,15-19H2,1-3H3/b29-20+. The molecule has 7 nitrogen and oxygen atoms in total. The van der Waals surface area contributed by atoms with E-state index in [0.29, 0.717) is 53.1 Å². The van der Waals surface area contributed by atoms with E-state index in [2.05, 4.69) is 22.8 Å². The molecule has 2 aliphatic heterocycles. The zero-order chi connectivity index (χ0) is 30.7. The average Bonchev–Trinajstić information content (AvgIpc) is 3.30. The molecule has 2 saturated heterocycles. The molecule has 2 fully saturated rings. The summed E-state index contributed by atoms with van der Waals surface area (Å²) >= 11 is 6.92. The molecule has 10 heteroatoms. The zero-order valence-corrected chi connectivity index (χ0v) is 26.2. The molecular weight excluding hydrogens is 582 g/mol. The predicted molar refractivity (Wildman–Crippen MR) is 176 cm³/mol. The number of unbranched alkanes of at least 4 members (excludes halogenated alkanes) is 1. The highest BCUT2D eigenvalue weighted by Gasteiger charge is 2.37. The number of benzene rings is 2. The second-order valence-corrected chi connectivity index (χ2v) is 12.4. The second kappa shape index (κ2) is 13.1. The van der Waals surface area contributed by atoms with Crippen LogP contribution in [0.25, 0.3) is 6.08 Å². The number of carbonyl (C=O) groups is 1. The lowest BCUT2D eigenvalue weighted by Gasteiger charge is -2.39. The van der Waals surface area contributed by atoms with Crippen LogP contribution < -0.4 is 15.4 Å². The lowest BCUT2D eigenvalue weighted by Crippen LogP contribution is -2.48. The molecule has 0 bridgehead atoms. The van der Waals surface area contributed by atoms with Crippen molar-refractivity contribution in [3.63, 3.8) is 0 Å². The van der Waals surface area contributed by atoms with Crippen molar-refractivity contribution in [2.24, 2.45) is 0 Å². The third-order valence-electron chi connectivity index (χ3n) is 8.12. The molecule has 0 saturated carbocycles. The van der Waals surface area contributed by atoms with E-state index in [9.17, 15) is 19.2 Å². The van der Waals surface area contributed by atoms with E-state index in [1.807, 2.05) is 43.3 Å². The minimum atomic E-state index is -0.313. The number of thioether (sulfide) groups is 1. The Hall–Kier alpha value is -3.94. The molecule has 1 atom stereocenters. The number of thiocarbonyl (C=S) groups is 1. The van der Waals surface area contributed by atoms with Gasteiger partial charge in [0.25, 0.3) is 11.5 Å². The van der Waals surface area contributed by atoms with Crippen LogP contribution in [0.3, 0.4) is 0 Å². The summed E-state index contributed by atoms with van der Waals surface area (Å²) in [6.07, 6.45) is 3.47. The average molecular weight is 616 g/mol. The van der Waals surface area contributed by atoms with E-state index >= 15 is 0 Å². The van der Waals surface area contributed by atoms with Crippen molar-refractivity contribution in [3.8, 4) is 6.07 Å². The molecule has 3 aromatic rings. The van der Waals surface area contributed by atoms with Crippen LogP contribution >= 0.6 is 24.0 Å². The van der Waals surface area contributed by atoms with E-state index < -0.39 is 0 Å². The first-order valence-corrected chi connectivity index (χ1v) is 15.7. The molecule has 43 heavy (non-hydrogen) atoms. The van der Waals surface area contributed by atoms with E-state index in [1.54, 1.807) is 28.5 Å². The molecule has 5 rings (SSSR count). The Kier molecular flexibility index (Phi) is 9.33. The molecule has 0 spiro atoms. The smallest absolute Gasteiger partial charge is 0.270 e. The predicted octanol–water partition coefficient (Wildman–Crippen LogP) is 6.26. The maximum Gasteiger partial charge on any atom is 0.270 e. The first kappa shape index (κ1) is 30.5. The minimum Gasteiger partial charge on any atom is -0.368 e. The molecule has 1 amide bonds. The van der Waals surface area contributed by atoms with Crippen LogP contribution in [0.15, 0.2) is 64.3 Å². The number of rotatable bonds is 8. The van der Waals surface area contributed by atoms with Crippen LogP contribution in [0.2, 0.25) is 0 Å². The van der Waals surface area contributed by atoms with Gasteiger partial charge >= 0.3 is 0 Å². The minimum absolute atomic E-state index is 0.0872. The van der Waals surface area contributed by atoms with E-state index in [0.717, 1.165) is 29.9 Å². The van der Waals surface area contributed by atoms with E-state index in [-0.39, 0.29) is 28.9 Å². The summed E-state index contributed by atoms with van der Waals surface area (Å²) in [7, 11) is 0. The largest absolute Gasteiger partial charge is 0.368 e. The Labute approximate surface area is 261 Å². The van der Waals surface area contributed by atoms with Crippen molar-refractivity contribution in [3.05, 3.63) is 97.9 Å². The molecule has 222 valence electrons. The Morgan fingerprint density at radius 1 is 1.05 bits per heavy atom. The zero-order valence-electron chi connectivity index (χ0n) is 24.5. The van der Waals surface area contributed by atoms with Gasteiger partial charge in [-0.2, -0.15) is 5.26 Å². The number of anilines is 2. The third kappa shape index (κ3) is 6.10. The van der Waals surface area contributed by atoms with Crippen molar-refractivity contribution >= 4 is 51.8 Å². The number of hydrogen-bond donors (Lipinski definition) is 0. The number of nitriles is 1. The van der Waals surface area contributed by atoms with Crippen molar-refractivity contribution in [2.45, 2.75) is 46.2 Å². The van der Waals surface area contributed by atoms with Crippen LogP contribution in [0.1, 0.15) is 55.0 Å². The van der Waals surface area contributed by atoms with Gasteiger partial charge in [0.2, 0.25) is 0 Å². The number of aromatic nitrogens is 1. The molecule has 3 heterocycles. The van der Waals surface area contributed by atoms with Crippen molar-refractivity contribution < 1.29 is 9.18 Å². The molecule has 0 aliphatic carbocycles. The Morgan fingerprint density at radius 2 is 1.70 bits per heavy atom. The number of piperazine rings is 1. The van der Waals surface area contributed by atoms with Crippen LogP contribution in [-0.2, 0) is 11.3 Å². The number of halogens is 1. The monoisotopic (exact) mass is 615 g/mol. The summed E-state index contributed by atoms with van der Waals surface area (Å²) in [6.45, 7) is 8.82. The number of hydrogen-bond acceptors (Lipinski definition) is 7. The fourth-order valence-corrected chi connectivity index (χ4v) is 7.06. The second-order valence-electron chi connectivity index (χ2n) is 10.7. The number of carbonyl (C=O) groups excluding carboxylic acids is 1. The Morgan fingerprint density at radius 3 is 2.33 bits per heavy atom. The van der Waals surface area contributed by atoms with Crippen molar-refractivity contribution in [1.29, 1.82) is 5.26 Å². The quantitative estimate of drug-likeness (QED) is 0.219. The SMILES string of the molecule is CCCCn1c(N2CCN(c3ccc(F)cc3)CC2)c(/C=C2/SC(=S)N(C(C)c3ccccc3)C2=O)c(C)c(C#N)c1=O. The van der Waals surface area contributed by atoms with Gasteiger partial charge in [0.1, 0.15) is 27.6 Å². The van der Waals surface area contributed by atoms with Gasteiger partial charge in [0, 0.05) is 44.0 Å². The maximum atomic E-state index is 13.8. The first-order valence-electron chi connectivity index (χ1n) is 14.5. The molecular formula is C33H34FN5O2S2. The topological polar surface area (TPSA) is 72.6 Å². The van der Waals surface area contributed by atoms with E-state index in [4.69, 9.17) is 12.2 Å². The van der Waals surface area contributed by atoms with Gasteiger partial charge in [-0.3, -0.25) is 19.1 Å². The molecule has 1 unspecified atom stereocenters. The van der Waals surface area contributed by atoms with Gasteiger partial charge < -0.3 is 9.80 Å². The third-order valence-corrected chi connectivity index (χ3v) is 9.45. The number of pyridine rings is 1. The lowest BCUT2D eigenvalue weighted by molar-refractivity contribution is -0.123. The van der Waals surface area contributed by atoms with Gasteiger partial charge in [-0.1, -0.05) is 67.7 Å². The summed E-state index contributed by atoms with van der Waals surface area (Å²) < 4.78 is 15.7. The maximum absolute atomic E-state index is 13.8. The van der Waals surface area contributed by atoms with Gasteiger partial charge in [-0.15, -0.1) is 0 Å². The summed E-state index contributed by atoms with van der Waals surface area (Å²) in [6, 6.07) is 18.1. The first-order chi connectivity index (χ1) is 20.7. The summed E-state index contributed by atoms with van der Waals surface area (Å²) in [5, 5.41) is 10.0. The fourth-order valence-electron chi connectivity index (χ4n) is 5.66. The summed E-state index contributed by atoms with van der Waals surface area (Å²) in [5.41, 5.74) is 2.94. The van der Waals surface area contributed by atoms with Crippen LogP contribution in [0.5, 0.6) is 0 Å². The van der Waals surface area contributed by atoms with Gasteiger partial charge in [0.15, 0.2) is 0 Å². The summed E-state index contributed by atoms with van der Waals surface area (Å²) in [5.74, 6) is 0.251. The Bertz CT molecular complexity index is 1660. The Balaban J connectivity index is 1.56. The molecule has 1 aromatic heterocycles. The highest BCUT2D eigenvalue weighted by molar-refractivity contribution is 8.26. The van der Waals surface area contributed by atoms with Crippen LogP contribution in [-0.4, -0.2) is 45.9 Å². The lowest BCUT2D eigenvalue weighted by atomic mass is 10.0.